The highest BCUT2D eigenvalue weighted by Gasteiger charge is 2.42. The molecule has 1 aromatic rings. The first-order valence-corrected chi connectivity index (χ1v) is 10.2. The molecule has 0 aliphatic heterocycles. The minimum absolute atomic E-state index is 0.0441. The molecular weight excluding hydrogens is 327 g/mol. The van der Waals surface area contributed by atoms with Crippen molar-refractivity contribution >= 4 is 27.6 Å². The maximum Gasteiger partial charge on any atom is 0.314 e. The van der Waals surface area contributed by atoms with E-state index in [0.717, 1.165) is 37.3 Å². The zero-order chi connectivity index (χ0) is 16.5. The number of carboxylic acids is 1. The molecule has 0 amide bonds. The monoisotopic (exact) mass is 346 g/mol. The summed E-state index contributed by atoms with van der Waals surface area (Å²) in [6.45, 7) is 0. The quantitative estimate of drug-likeness (QED) is 0.848. The van der Waals surface area contributed by atoms with Crippen LogP contribution in [-0.4, -0.2) is 32.0 Å². The van der Waals surface area contributed by atoms with Crippen molar-refractivity contribution in [3.8, 4) is 0 Å². The highest BCUT2D eigenvalue weighted by Crippen LogP contribution is 2.42. The fourth-order valence-electron chi connectivity index (χ4n) is 3.10. The predicted molar refractivity (Wildman–Crippen MR) is 83.7 cm³/mol. The average Bonchev–Trinajstić information content (AvgIpc) is 2.46. The highest BCUT2D eigenvalue weighted by molar-refractivity contribution is 7.99. The summed E-state index contributed by atoms with van der Waals surface area (Å²) in [7, 11) is -3.64. The molecule has 0 spiro atoms. The zero-order valence-electron chi connectivity index (χ0n) is 12.6. The van der Waals surface area contributed by atoms with Crippen LogP contribution < -0.4 is 0 Å². The maximum absolute atomic E-state index is 14.4. The second kappa shape index (κ2) is 6.20. The molecule has 122 valence electrons. The number of benzene rings is 1. The van der Waals surface area contributed by atoms with Crippen LogP contribution in [0, 0.1) is 5.82 Å². The van der Waals surface area contributed by atoms with E-state index >= 15 is 0 Å². The van der Waals surface area contributed by atoms with E-state index in [9.17, 15) is 22.7 Å². The molecule has 1 saturated carbocycles. The van der Waals surface area contributed by atoms with E-state index in [2.05, 4.69) is 0 Å². The van der Waals surface area contributed by atoms with E-state index in [0.29, 0.717) is 12.8 Å². The normalized spacial score (nSPS) is 18.1. The van der Waals surface area contributed by atoms with Crippen LogP contribution in [0.3, 0.4) is 0 Å². The molecule has 0 bridgehead atoms. The zero-order valence-corrected chi connectivity index (χ0v) is 14.2. The second-order valence-electron chi connectivity index (χ2n) is 5.71. The van der Waals surface area contributed by atoms with Gasteiger partial charge in [0.2, 0.25) is 0 Å². The van der Waals surface area contributed by atoms with Gasteiger partial charge in [0.1, 0.15) is 5.82 Å². The van der Waals surface area contributed by atoms with Gasteiger partial charge in [-0.1, -0.05) is 19.3 Å². The second-order valence-corrected chi connectivity index (χ2v) is 8.51. The SMILES string of the molecule is CSc1c(F)cc(C2(C(=O)O)CCCCC2)cc1S(C)(=O)=O. The number of rotatable bonds is 4. The van der Waals surface area contributed by atoms with Crippen molar-refractivity contribution in [2.24, 2.45) is 0 Å². The Hall–Kier alpha value is -1.08. The smallest absolute Gasteiger partial charge is 0.314 e. The molecule has 0 radical (unpaired) electrons. The molecule has 1 aromatic carbocycles. The number of carboxylic acid groups (broad SMARTS) is 1. The minimum Gasteiger partial charge on any atom is -0.481 e. The summed E-state index contributed by atoms with van der Waals surface area (Å²) < 4.78 is 38.2. The van der Waals surface area contributed by atoms with Crippen molar-refractivity contribution in [1.82, 2.24) is 0 Å². The third-order valence-electron chi connectivity index (χ3n) is 4.28. The van der Waals surface area contributed by atoms with Crippen LogP contribution in [0.25, 0.3) is 0 Å². The lowest BCUT2D eigenvalue weighted by molar-refractivity contribution is -0.145. The average molecular weight is 346 g/mol. The Bertz CT molecular complexity index is 692. The molecule has 7 heteroatoms. The molecule has 0 heterocycles. The van der Waals surface area contributed by atoms with Gasteiger partial charge in [0, 0.05) is 6.26 Å². The van der Waals surface area contributed by atoms with Crippen LogP contribution in [0.1, 0.15) is 37.7 Å². The molecule has 2 rings (SSSR count). The lowest BCUT2D eigenvalue weighted by atomic mass is 9.69. The summed E-state index contributed by atoms with van der Waals surface area (Å²) in [5.41, 5.74) is -0.925. The van der Waals surface area contributed by atoms with Crippen LogP contribution in [0.2, 0.25) is 0 Å². The summed E-state index contributed by atoms with van der Waals surface area (Å²) in [5, 5.41) is 9.68. The van der Waals surface area contributed by atoms with E-state index in [1.165, 1.54) is 12.1 Å². The number of hydrogen-bond acceptors (Lipinski definition) is 4. The van der Waals surface area contributed by atoms with E-state index in [4.69, 9.17) is 0 Å². The summed E-state index contributed by atoms with van der Waals surface area (Å²) in [6.07, 6.45) is 5.85. The molecular formula is C15H19FO4S2. The molecule has 0 saturated heterocycles. The number of thioether (sulfide) groups is 1. The van der Waals surface area contributed by atoms with Gasteiger partial charge in [-0.3, -0.25) is 4.79 Å². The Morgan fingerprint density at radius 2 is 1.86 bits per heavy atom. The Balaban J connectivity index is 2.70. The maximum atomic E-state index is 14.4. The third kappa shape index (κ3) is 3.01. The summed E-state index contributed by atoms with van der Waals surface area (Å²) in [6, 6.07) is 2.55. The van der Waals surface area contributed by atoms with Gasteiger partial charge < -0.3 is 5.11 Å². The predicted octanol–water partition coefficient (Wildman–Crippen LogP) is 3.24. The fraction of sp³-hybridized carbons (Fsp3) is 0.533. The summed E-state index contributed by atoms with van der Waals surface area (Å²) in [4.78, 5) is 11.7. The molecule has 1 aliphatic rings. The molecule has 4 nitrogen and oxygen atoms in total. The lowest BCUT2D eigenvalue weighted by Gasteiger charge is -2.34. The number of halogens is 1. The molecule has 0 atom stereocenters. The van der Waals surface area contributed by atoms with Gasteiger partial charge in [-0.2, -0.15) is 0 Å². The first kappa shape index (κ1) is 17.3. The molecule has 1 fully saturated rings. The van der Waals surface area contributed by atoms with Crippen LogP contribution in [0.4, 0.5) is 4.39 Å². The van der Waals surface area contributed by atoms with Gasteiger partial charge in [-0.15, -0.1) is 11.8 Å². The van der Waals surface area contributed by atoms with Crippen molar-refractivity contribution in [3.05, 3.63) is 23.5 Å². The minimum atomic E-state index is -3.64. The summed E-state index contributed by atoms with van der Waals surface area (Å²) >= 11 is 1.01. The topological polar surface area (TPSA) is 71.4 Å². The van der Waals surface area contributed by atoms with Gasteiger partial charge in [-0.05, 0) is 36.8 Å². The lowest BCUT2D eigenvalue weighted by Crippen LogP contribution is -2.38. The molecule has 1 aliphatic carbocycles. The molecule has 1 N–H and O–H groups in total. The molecule has 0 aromatic heterocycles. The van der Waals surface area contributed by atoms with Crippen molar-refractivity contribution < 1.29 is 22.7 Å². The standard InChI is InChI=1S/C15H19FO4S2/c1-21-13-11(16)8-10(9-12(13)22(2,19)20)15(14(17)18)6-4-3-5-7-15/h8-9H,3-7H2,1-2H3,(H,17,18). The van der Waals surface area contributed by atoms with Gasteiger partial charge in [0.15, 0.2) is 9.84 Å². The number of aliphatic carboxylic acids is 1. The van der Waals surface area contributed by atoms with Gasteiger partial charge in [0.25, 0.3) is 0 Å². The molecule has 0 unspecified atom stereocenters. The Labute approximate surface area is 134 Å². The number of hydrogen-bond donors (Lipinski definition) is 1. The third-order valence-corrected chi connectivity index (χ3v) is 6.36. The Morgan fingerprint density at radius 1 is 1.27 bits per heavy atom. The highest BCUT2D eigenvalue weighted by atomic mass is 32.2. The Kier molecular flexibility index (Phi) is 4.87. The van der Waals surface area contributed by atoms with E-state index in [1.807, 2.05) is 0 Å². The molecule has 22 heavy (non-hydrogen) atoms. The number of carbonyl (C=O) groups is 1. The van der Waals surface area contributed by atoms with Crippen molar-refractivity contribution in [2.45, 2.75) is 47.3 Å². The largest absolute Gasteiger partial charge is 0.481 e. The van der Waals surface area contributed by atoms with Crippen molar-refractivity contribution in [3.63, 3.8) is 0 Å². The summed E-state index contributed by atoms with van der Waals surface area (Å²) in [5.74, 6) is -1.68. The van der Waals surface area contributed by atoms with Crippen molar-refractivity contribution in [1.29, 1.82) is 0 Å². The van der Waals surface area contributed by atoms with E-state index in [1.54, 1.807) is 6.26 Å². The fourth-order valence-corrected chi connectivity index (χ4v) is 5.09. The van der Waals surface area contributed by atoms with Crippen LogP contribution >= 0.6 is 11.8 Å². The van der Waals surface area contributed by atoms with Crippen LogP contribution in [0.15, 0.2) is 21.9 Å². The van der Waals surface area contributed by atoms with E-state index in [-0.39, 0.29) is 15.4 Å². The first-order chi connectivity index (χ1) is 10.2. The van der Waals surface area contributed by atoms with Crippen LogP contribution in [0.5, 0.6) is 0 Å². The van der Waals surface area contributed by atoms with Crippen molar-refractivity contribution in [2.75, 3.05) is 12.5 Å². The Morgan fingerprint density at radius 3 is 2.32 bits per heavy atom. The van der Waals surface area contributed by atoms with E-state index < -0.39 is 27.0 Å². The van der Waals surface area contributed by atoms with Gasteiger partial charge in [-0.25, -0.2) is 12.8 Å². The number of sulfone groups is 1. The van der Waals surface area contributed by atoms with Gasteiger partial charge >= 0.3 is 5.97 Å². The first-order valence-electron chi connectivity index (χ1n) is 7.04. The van der Waals surface area contributed by atoms with Gasteiger partial charge in [0.05, 0.1) is 15.2 Å². The van der Waals surface area contributed by atoms with Crippen LogP contribution in [-0.2, 0) is 20.0 Å².